The Morgan fingerprint density at radius 3 is 2.08 bits per heavy atom. The number of carbonyl (C=O) groups is 1. The number of esters is 1. The van der Waals surface area contributed by atoms with Crippen molar-refractivity contribution in [1.82, 2.24) is 14.8 Å². The summed E-state index contributed by atoms with van der Waals surface area (Å²) in [5.74, 6) is -2.59. The van der Waals surface area contributed by atoms with Crippen LogP contribution in [0.3, 0.4) is 0 Å². The van der Waals surface area contributed by atoms with E-state index in [0.29, 0.717) is 4.68 Å². The molecule has 0 spiro atoms. The number of pyridine rings is 1. The molecule has 0 fully saturated rings. The summed E-state index contributed by atoms with van der Waals surface area (Å²) < 4.78 is 142. The Morgan fingerprint density at radius 2 is 1.54 bits per heavy atom. The molecule has 6 nitrogen and oxygen atoms in total. The number of hydrogen-bond donors (Lipinski definition) is 0. The number of hydrogen-bond acceptors (Lipinski definition) is 5. The molecule has 0 saturated heterocycles. The van der Waals surface area contributed by atoms with Gasteiger partial charge in [0.05, 0.1) is 23.4 Å². The van der Waals surface area contributed by atoms with Gasteiger partial charge in [-0.1, -0.05) is 23.2 Å². The number of ether oxygens (including phenoxy) is 2. The molecule has 0 bridgehead atoms. The summed E-state index contributed by atoms with van der Waals surface area (Å²) in [6.45, 7) is 1.50. The minimum absolute atomic E-state index is 0.0172. The Kier molecular flexibility index (Phi) is 8.05. The zero-order valence-electron chi connectivity index (χ0n) is 18.8. The molecule has 1 aromatic carbocycles. The van der Waals surface area contributed by atoms with Gasteiger partial charge in [0.1, 0.15) is 10.8 Å². The maximum Gasteiger partial charge on any atom is 0.573 e. The van der Waals surface area contributed by atoms with E-state index in [1.807, 2.05) is 0 Å². The molecule has 0 amide bonds. The van der Waals surface area contributed by atoms with Gasteiger partial charge in [-0.25, -0.2) is 18.9 Å². The number of carbonyl (C=O) groups excluding carboxylic acids is 1. The van der Waals surface area contributed by atoms with E-state index in [1.54, 1.807) is 0 Å². The maximum atomic E-state index is 14.6. The number of rotatable bonds is 6. The quantitative estimate of drug-likeness (QED) is 0.163. The third-order valence-corrected chi connectivity index (χ3v) is 5.50. The molecule has 0 radical (unpaired) electrons. The second-order valence-corrected chi connectivity index (χ2v) is 8.23. The summed E-state index contributed by atoms with van der Waals surface area (Å²) in [6, 6.07) is 0.599. The summed E-state index contributed by atoms with van der Waals surface area (Å²) in [6.07, 6.45) is -15.9. The van der Waals surface area contributed by atoms with Crippen LogP contribution in [-0.2, 0) is 10.4 Å². The van der Waals surface area contributed by atoms with Crippen molar-refractivity contribution in [2.24, 2.45) is 0 Å². The SMILES string of the molecule is CCOC(=O)c1cc(-c2cnn(-c3c(Cl)cc(C(F)(C(F)(F)F)C(F)(F)F)cc3OC(F)(F)F)c2)cnc1Cl. The zero-order chi connectivity index (χ0) is 29.6. The first kappa shape index (κ1) is 30.3. The van der Waals surface area contributed by atoms with Crippen molar-refractivity contribution in [3.05, 3.63) is 58.1 Å². The van der Waals surface area contributed by atoms with Gasteiger partial charge in [-0.15, -0.1) is 13.2 Å². The molecular formula is C21H11Cl2F10N3O3. The van der Waals surface area contributed by atoms with Crippen LogP contribution in [0.15, 0.2) is 36.8 Å². The number of alkyl halides is 10. The average molecular weight is 614 g/mol. The van der Waals surface area contributed by atoms with Gasteiger partial charge < -0.3 is 9.47 Å². The molecule has 212 valence electrons. The maximum absolute atomic E-state index is 14.6. The molecule has 18 heteroatoms. The largest absolute Gasteiger partial charge is 0.573 e. The van der Waals surface area contributed by atoms with Gasteiger partial charge in [0.25, 0.3) is 0 Å². The summed E-state index contributed by atoms with van der Waals surface area (Å²) in [4.78, 5) is 15.8. The van der Waals surface area contributed by atoms with Crippen molar-refractivity contribution < 1.29 is 58.2 Å². The van der Waals surface area contributed by atoms with Crippen LogP contribution in [0.4, 0.5) is 43.9 Å². The van der Waals surface area contributed by atoms with E-state index in [1.165, 1.54) is 13.0 Å². The van der Waals surface area contributed by atoms with Gasteiger partial charge in [0.15, 0.2) is 5.75 Å². The number of nitrogens with zero attached hydrogens (tertiary/aromatic N) is 3. The van der Waals surface area contributed by atoms with Crippen LogP contribution < -0.4 is 4.74 Å². The van der Waals surface area contributed by atoms with E-state index in [0.717, 1.165) is 18.6 Å². The number of halogens is 12. The van der Waals surface area contributed by atoms with Crippen molar-refractivity contribution in [3.63, 3.8) is 0 Å². The Bertz CT molecular complexity index is 1370. The molecule has 0 atom stereocenters. The Morgan fingerprint density at radius 1 is 0.923 bits per heavy atom. The fourth-order valence-corrected chi connectivity index (χ4v) is 3.72. The second-order valence-electron chi connectivity index (χ2n) is 7.46. The zero-order valence-corrected chi connectivity index (χ0v) is 20.3. The van der Waals surface area contributed by atoms with E-state index in [9.17, 15) is 48.7 Å². The van der Waals surface area contributed by atoms with E-state index in [-0.39, 0.29) is 34.5 Å². The number of aromatic nitrogens is 3. The topological polar surface area (TPSA) is 66.2 Å². The highest BCUT2D eigenvalue weighted by Gasteiger charge is 2.73. The molecule has 0 aliphatic carbocycles. The molecule has 2 heterocycles. The van der Waals surface area contributed by atoms with Crippen molar-refractivity contribution in [2.75, 3.05) is 6.61 Å². The molecule has 3 rings (SSSR count). The summed E-state index contributed by atoms with van der Waals surface area (Å²) in [5, 5.41) is 2.24. The smallest absolute Gasteiger partial charge is 0.462 e. The molecular weight excluding hydrogens is 603 g/mol. The van der Waals surface area contributed by atoms with Crippen LogP contribution in [-0.4, -0.2) is 46.1 Å². The fraction of sp³-hybridized carbons (Fsp3) is 0.286. The van der Waals surface area contributed by atoms with E-state index in [4.69, 9.17) is 27.9 Å². The molecule has 0 aliphatic rings. The summed E-state index contributed by atoms with van der Waals surface area (Å²) >= 11 is 11.7. The highest BCUT2D eigenvalue weighted by molar-refractivity contribution is 6.33. The minimum Gasteiger partial charge on any atom is -0.462 e. The molecule has 2 aromatic heterocycles. The predicted molar refractivity (Wildman–Crippen MR) is 114 cm³/mol. The normalized spacial score (nSPS) is 12.9. The first-order valence-corrected chi connectivity index (χ1v) is 10.9. The molecule has 0 aliphatic heterocycles. The highest BCUT2D eigenvalue weighted by Crippen LogP contribution is 2.55. The van der Waals surface area contributed by atoms with Crippen LogP contribution in [0.5, 0.6) is 5.75 Å². The molecule has 0 N–H and O–H groups in total. The van der Waals surface area contributed by atoms with Crippen molar-refractivity contribution in [3.8, 4) is 22.6 Å². The standard InChI is InChI=1S/C21H11Cl2F10N3O3/c1-2-38-17(37)12-3-9(6-34-16(12)23)10-7-35-36(8-10)15-13(22)4-11(5-14(15)39-21(31,32)33)18(24,19(25,26)27)20(28,29)30/h3-8H,2H2,1H3. The van der Waals surface area contributed by atoms with Gasteiger partial charge in [0.2, 0.25) is 0 Å². The fourth-order valence-electron chi connectivity index (χ4n) is 3.24. The molecule has 0 unspecified atom stereocenters. The third-order valence-electron chi connectivity index (χ3n) is 4.91. The van der Waals surface area contributed by atoms with Crippen molar-refractivity contribution in [1.29, 1.82) is 0 Å². The Balaban J connectivity index is 2.20. The van der Waals surface area contributed by atoms with E-state index >= 15 is 0 Å². The minimum atomic E-state index is -6.64. The van der Waals surface area contributed by atoms with Crippen LogP contribution in [0.25, 0.3) is 16.8 Å². The first-order valence-electron chi connectivity index (χ1n) is 10.1. The van der Waals surface area contributed by atoms with Gasteiger partial charge in [-0.2, -0.15) is 31.4 Å². The Labute approximate surface area is 221 Å². The van der Waals surface area contributed by atoms with E-state index in [2.05, 4.69) is 14.8 Å². The van der Waals surface area contributed by atoms with Crippen LogP contribution in [0, 0.1) is 0 Å². The lowest BCUT2D eigenvalue weighted by Crippen LogP contribution is -2.50. The predicted octanol–water partition coefficient (Wildman–Crippen LogP) is 7.61. The average Bonchev–Trinajstić information content (AvgIpc) is 3.25. The van der Waals surface area contributed by atoms with E-state index < -0.39 is 58.4 Å². The van der Waals surface area contributed by atoms with Gasteiger partial charge in [-0.05, 0) is 25.1 Å². The number of benzene rings is 1. The lowest BCUT2D eigenvalue weighted by Gasteiger charge is -2.31. The molecule has 39 heavy (non-hydrogen) atoms. The summed E-state index contributed by atoms with van der Waals surface area (Å²) in [7, 11) is 0. The highest BCUT2D eigenvalue weighted by atomic mass is 35.5. The van der Waals surface area contributed by atoms with Gasteiger partial charge in [-0.3, -0.25) is 0 Å². The van der Waals surface area contributed by atoms with Crippen LogP contribution in [0.2, 0.25) is 10.2 Å². The van der Waals surface area contributed by atoms with Crippen molar-refractivity contribution >= 4 is 29.2 Å². The lowest BCUT2D eigenvalue weighted by molar-refractivity contribution is -0.348. The summed E-state index contributed by atoms with van der Waals surface area (Å²) in [5.41, 5.74) is -9.48. The lowest BCUT2D eigenvalue weighted by atomic mass is 9.93. The van der Waals surface area contributed by atoms with Crippen LogP contribution in [0.1, 0.15) is 22.8 Å². The monoisotopic (exact) mass is 613 g/mol. The first-order chi connectivity index (χ1) is 17.8. The molecule has 3 aromatic rings. The van der Waals surface area contributed by atoms with Crippen molar-refractivity contribution in [2.45, 2.75) is 31.3 Å². The third kappa shape index (κ3) is 6.00. The second kappa shape index (κ2) is 10.4. The molecule has 0 saturated carbocycles. The van der Waals surface area contributed by atoms with Gasteiger partial charge in [0, 0.05) is 29.1 Å². The Hall–Kier alpha value is -3.27. The van der Waals surface area contributed by atoms with Gasteiger partial charge >= 0.3 is 30.4 Å². The van der Waals surface area contributed by atoms with Crippen LogP contribution >= 0.6 is 23.2 Å².